The third-order valence-electron chi connectivity index (χ3n) is 6.22. The molecule has 2 atom stereocenters. The van der Waals surface area contributed by atoms with Gasteiger partial charge in [-0.1, -0.05) is 0 Å². The summed E-state index contributed by atoms with van der Waals surface area (Å²) in [5, 5.41) is 11.3. The Balaban J connectivity index is 1.28. The predicted octanol–water partition coefficient (Wildman–Crippen LogP) is 2.73. The Kier molecular flexibility index (Phi) is 6.33. The summed E-state index contributed by atoms with van der Waals surface area (Å²) in [6.45, 7) is -0.508. The van der Waals surface area contributed by atoms with Gasteiger partial charge < -0.3 is 4.90 Å². The number of anilines is 1. The van der Waals surface area contributed by atoms with E-state index in [4.69, 9.17) is 0 Å². The summed E-state index contributed by atoms with van der Waals surface area (Å²) in [6, 6.07) is 2.90. The van der Waals surface area contributed by atoms with E-state index in [0.717, 1.165) is 41.4 Å². The Morgan fingerprint density at radius 1 is 1.24 bits per heavy atom. The number of hydrogen-bond acceptors (Lipinski definition) is 6. The van der Waals surface area contributed by atoms with E-state index in [1.165, 1.54) is 0 Å². The fourth-order valence-corrected chi connectivity index (χ4v) is 5.79. The maximum atomic E-state index is 14.6. The SMILES string of the molecule is O=C(NC1CCCC(Nc2nc(-c3n[n]([Tl])c4ncccc34)ncc2F)C1)N1CCC(F)(F)C1. The zero-order chi connectivity index (χ0) is 23.9. The van der Waals surface area contributed by atoms with Crippen LogP contribution in [0.15, 0.2) is 24.5 Å². The fraction of sp³-hybridized carbons (Fsp3) is 0.476. The quantitative estimate of drug-likeness (QED) is 0.417. The van der Waals surface area contributed by atoms with Gasteiger partial charge >= 0.3 is 166 Å². The average Bonchev–Trinajstić information content (AvgIpc) is 3.35. The summed E-state index contributed by atoms with van der Waals surface area (Å²) in [7, 11) is 0. The molecule has 1 saturated carbocycles. The first kappa shape index (κ1) is 23.2. The smallest absolute Gasteiger partial charge is 0.267 e. The first-order chi connectivity index (χ1) is 16.3. The van der Waals surface area contributed by atoms with Crippen molar-refractivity contribution in [3.63, 3.8) is 0 Å². The van der Waals surface area contributed by atoms with Gasteiger partial charge in [-0.25, -0.2) is 13.6 Å². The zero-order valence-electron chi connectivity index (χ0n) is 18.2. The van der Waals surface area contributed by atoms with Crippen LogP contribution in [-0.2, 0) is 0 Å². The van der Waals surface area contributed by atoms with Gasteiger partial charge in [-0.05, 0) is 0 Å². The van der Waals surface area contributed by atoms with Gasteiger partial charge in [0.25, 0.3) is 5.92 Å². The number of halogens is 3. The number of nitrogens with one attached hydrogen (secondary N) is 2. The molecule has 9 nitrogen and oxygen atoms in total. The van der Waals surface area contributed by atoms with Crippen molar-refractivity contribution in [3.8, 4) is 11.5 Å². The van der Waals surface area contributed by atoms with Crippen molar-refractivity contribution in [3.05, 3.63) is 30.3 Å². The van der Waals surface area contributed by atoms with Crippen LogP contribution in [0.4, 0.5) is 23.8 Å². The van der Waals surface area contributed by atoms with Crippen LogP contribution in [0.25, 0.3) is 22.6 Å². The molecule has 1 aliphatic carbocycles. The van der Waals surface area contributed by atoms with Crippen LogP contribution in [0.5, 0.6) is 0 Å². The van der Waals surface area contributed by atoms with Crippen molar-refractivity contribution in [2.24, 2.45) is 0 Å². The zero-order valence-corrected chi connectivity index (χ0v) is 22.7. The van der Waals surface area contributed by atoms with Gasteiger partial charge in [-0.2, -0.15) is 0 Å². The minimum atomic E-state index is -2.83. The van der Waals surface area contributed by atoms with Gasteiger partial charge in [-0.15, -0.1) is 0 Å². The molecule has 5 rings (SSSR count). The van der Waals surface area contributed by atoms with Crippen LogP contribution in [0.2, 0.25) is 0 Å². The molecular formula is C21H22F3N8OTl. The van der Waals surface area contributed by atoms with Gasteiger partial charge in [0.2, 0.25) is 0 Å². The summed E-state index contributed by atoms with van der Waals surface area (Å²) in [5.41, 5.74) is 1.29. The number of hydrogen-bond donors (Lipinski definition) is 2. The number of aromatic nitrogens is 5. The summed E-state index contributed by atoms with van der Waals surface area (Å²) in [5.74, 6) is -3.03. The number of alkyl halides is 2. The Morgan fingerprint density at radius 3 is 2.85 bits per heavy atom. The molecule has 2 fully saturated rings. The molecule has 2 unspecified atom stereocenters. The molecule has 1 aliphatic heterocycles. The van der Waals surface area contributed by atoms with Crippen molar-refractivity contribution < 1.29 is 18.0 Å². The number of fused-ring (bicyclic) bond motifs is 1. The number of nitrogens with zero attached hydrogens (tertiary/aromatic N) is 6. The third kappa shape index (κ3) is 4.81. The van der Waals surface area contributed by atoms with Crippen LogP contribution < -0.4 is 10.6 Å². The second-order valence-electron chi connectivity index (χ2n) is 8.74. The number of carbonyl (C=O) groups excluding carboxylic acids is 1. The minimum Gasteiger partial charge on any atom is -0.319 e. The normalized spacial score (nSPS) is 22.1. The minimum absolute atomic E-state index is 0.0445. The molecule has 0 radical (unpaired) electrons. The van der Waals surface area contributed by atoms with Crippen LogP contribution in [-0.4, -0.2) is 90.6 Å². The third-order valence-corrected chi connectivity index (χ3v) is 7.62. The topological polar surface area (TPSA) is 101 Å². The molecule has 4 heterocycles. The second-order valence-corrected chi connectivity index (χ2v) is 10.6. The van der Waals surface area contributed by atoms with Crippen LogP contribution in [0.3, 0.4) is 0 Å². The van der Waals surface area contributed by atoms with E-state index >= 15 is 0 Å². The first-order valence-corrected chi connectivity index (χ1v) is 13.1. The average molecular weight is 664 g/mol. The van der Waals surface area contributed by atoms with E-state index in [-0.39, 0.29) is 30.9 Å². The Hall–Kier alpha value is -2.52. The van der Waals surface area contributed by atoms with Crippen molar-refractivity contribution in [1.82, 2.24) is 32.8 Å². The standard InChI is InChI=1S/C21H23F3N8O.Tl/c22-15-10-26-19(16-14-5-2-7-25-17(14)31-30-16)29-18(15)27-12-3-1-4-13(9-12)28-20(33)32-8-6-21(23,24)11-32;/h2,5,7,10,12-13H,1,3-4,6,8-9,11H2,(H3,25,26,27,28,29,30,31,33);/q;+1/p-1. The molecule has 3 aromatic rings. The largest absolute Gasteiger partial charge is 0.319 e. The molecule has 13 heteroatoms. The van der Waals surface area contributed by atoms with Crippen LogP contribution in [0.1, 0.15) is 32.1 Å². The number of rotatable bonds is 4. The van der Waals surface area contributed by atoms with E-state index in [1.807, 2.05) is 6.07 Å². The van der Waals surface area contributed by atoms with Crippen molar-refractivity contribution in [1.29, 1.82) is 0 Å². The summed E-state index contributed by atoms with van der Waals surface area (Å²) in [6.07, 6.45) is 5.36. The number of urea groups is 1. The van der Waals surface area contributed by atoms with Gasteiger partial charge in [0, 0.05) is 13.0 Å². The number of pyridine rings is 1. The van der Waals surface area contributed by atoms with E-state index in [9.17, 15) is 18.0 Å². The molecule has 2 amide bonds. The number of likely N-dealkylation sites (tertiary alicyclic amines) is 1. The van der Waals surface area contributed by atoms with E-state index in [2.05, 4.69) is 30.7 Å². The van der Waals surface area contributed by atoms with Gasteiger partial charge in [-0.3, -0.25) is 0 Å². The maximum absolute atomic E-state index is 14.6. The molecule has 2 aliphatic rings. The second kappa shape index (κ2) is 9.26. The molecule has 34 heavy (non-hydrogen) atoms. The van der Waals surface area contributed by atoms with Gasteiger partial charge in [0.05, 0.1) is 6.54 Å². The molecule has 3 aromatic heterocycles. The van der Waals surface area contributed by atoms with Crippen molar-refractivity contribution in [2.45, 2.75) is 50.1 Å². The van der Waals surface area contributed by atoms with E-state index in [0.29, 0.717) is 44.0 Å². The summed E-state index contributed by atoms with van der Waals surface area (Å²) < 4.78 is 43.2. The molecule has 0 bridgehead atoms. The summed E-state index contributed by atoms with van der Waals surface area (Å²) in [4.78, 5) is 26.4. The van der Waals surface area contributed by atoms with Crippen LogP contribution in [0, 0.1) is 5.82 Å². The molecular weight excluding hydrogens is 642 g/mol. The summed E-state index contributed by atoms with van der Waals surface area (Å²) >= 11 is 0.398. The molecule has 1 saturated heterocycles. The Labute approximate surface area is 209 Å². The van der Waals surface area contributed by atoms with Crippen molar-refractivity contribution >= 4 is 48.9 Å². The molecule has 0 aromatic carbocycles. The molecule has 176 valence electrons. The molecule has 2 N–H and O–H groups in total. The fourth-order valence-electron chi connectivity index (χ4n) is 4.54. The maximum Gasteiger partial charge on any atom is 0.267 e. The van der Waals surface area contributed by atoms with E-state index in [1.54, 1.807) is 14.8 Å². The number of amides is 2. The van der Waals surface area contributed by atoms with Crippen molar-refractivity contribution in [2.75, 3.05) is 18.4 Å². The number of carbonyl (C=O) groups is 1. The first-order valence-electron chi connectivity index (χ1n) is 11.1. The monoisotopic (exact) mass is 664 g/mol. The van der Waals surface area contributed by atoms with E-state index < -0.39 is 24.3 Å². The van der Waals surface area contributed by atoms with Gasteiger partial charge in [0.15, 0.2) is 0 Å². The molecule has 0 spiro atoms. The predicted molar refractivity (Wildman–Crippen MR) is 119 cm³/mol. The Morgan fingerprint density at radius 2 is 2.06 bits per heavy atom. The Bertz CT molecular complexity index is 1220. The van der Waals surface area contributed by atoms with Crippen LogP contribution >= 0.6 is 0 Å². The van der Waals surface area contributed by atoms with Gasteiger partial charge in [0.1, 0.15) is 0 Å².